The van der Waals surface area contributed by atoms with Gasteiger partial charge in [-0.05, 0) is 43.4 Å². The molecule has 3 atom stereocenters. The van der Waals surface area contributed by atoms with Gasteiger partial charge >= 0.3 is 0 Å². The molecule has 1 aromatic rings. The van der Waals surface area contributed by atoms with Crippen LogP contribution in [0.3, 0.4) is 0 Å². The minimum atomic E-state index is -3.81. The van der Waals surface area contributed by atoms with Gasteiger partial charge in [0.1, 0.15) is 12.2 Å². The molecule has 3 N–H and O–H groups in total. The molecule has 0 saturated carbocycles. The number of benzene rings is 1. The second kappa shape index (κ2) is 9.10. The number of nitrogens with one attached hydrogen (secondary N) is 1. The van der Waals surface area contributed by atoms with Gasteiger partial charge in [-0.1, -0.05) is 29.1 Å². The quantitative estimate of drug-likeness (QED) is 0.366. The summed E-state index contributed by atoms with van der Waals surface area (Å²) in [6, 6.07) is 7.16. The molecule has 0 fully saturated rings. The summed E-state index contributed by atoms with van der Waals surface area (Å²) in [5.41, 5.74) is 3.54. The molecule has 154 valence electrons. The van der Waals surface area contributed by atoms with Gasteiger partial charge < -0.3 is 9.94 Å². The fraction of sp³-hybridized carbons (Fsp3) is 0.400. The lowest BCUT2D eigenvalue weighted by molar-refractivity contribution is -0.132. The summed E-state index contributed by atoms with van der Waals surface area (Å²) in [5.74, 6) is 9.56. The molecule has 1 amide bonds. The molecule has 2 rings (SSSR count). The lowest BCUT2D eigenvalue weighted by atomic mass is 9.96. The summed E-state index contributed by atoms with van der Waals surface area (Å²) in [6.45, 7) is 2.79. The monoisotopic (exact) mass is 418 g/mol. The topological polar surface area (TPSA) is 125 Å². The van der Waals surface area contributed by atoms with Crippen LogP contribution in [-0.2, 0) is 19.5 Å². The summed E-state index contributed by atoms with van der Waals surface area (Å²) in [6.07, 6.45) is -0.263. The largest absolute Gasteiger partial charge is 0.392 e. The Bertz CT molecular complexity index is 1020. The first-order valence-electron chi connectivity index (χ1n) is 8.73. The van der Waals surface area contributed by atoms with Crippen molar-refractivity contribution in [2.75, 3.05) is 6.26 Å². The van der Waals surface area contributed by atoms with Crippen molar-refractivity contribution in [2.45, 2.75) is 43.6 Å². The maximum Gasteiger partial charge on any atom is 0.264 e. The van der Waals surface area contributed by atoms with Gasteiger partial charge in [0.15, 0.2) is 14.6 Å². The Morgan fingerprint density at radius 2 is 2.03 bits per heavy atom. The lowest BCUT2D eigenvalue weighted by Gasteiger charge is -2.26. The Labute approximate surface area is 169 Å². The Hall–Kier alpha value is -2.85. The molecular formula is C20H22N2O6S. The number of hydrogen-bond acceptors (Lipinski definition) is 7. The highest BCUT2D eigenvalue weighted by molar-refractivity contribution is 7.92. The van der Waals surface area contributed by atoms with Crippen molar-refractivity contribution in [1.29, 1.82) is 0 Å². The Morgan fingerprint density at radius 3 is 2.59 bits per heavy atom. The second-order valence-corrected chi connectivity index (χ2v) is 9.34. The third-order valence-corrected chi connectivity index (χ3v) is 6.51. The molecule has 1 aliphatic rings. The zero-order valence-electron chi connectivity index (χ0n) is 16.3. The van der Waals surface area contributed by atoms with Crippen LogP contribution in [0.4, 0.5) is 0 Å². The van der Waals surface area contributed by atoms with E-state index in [-0.39, 0.29) is 6.42 Å². The van der Waals surface area contributed by atoms with Crippen molar-refractivity contribution < 1.29 is 28.4 Å². The Kier molecular flexibility index (Phi) is 7.04. The van der Waals surface area contributed by atoms with Gasteiger partial charge in [-0.25, -0.2) is 13.9 Å². The van der Waals surface area contributed by atoms with Crippen molar-refractivity contribution >= 4 is 21.5 Å². The number of aliphatic hydroxyl groups is 1. The smallest absolute Gasteiger partial charge is 0.264 e. The minimum Gasteiger partial charge on any atom is -0.392 e. The van der Waals surface area contributed by atoms with E-state index in [2.05, 4.69) is 28.8 Å². The zero-order chi connectivity index (χ0) is 21.7. The van der Waals surface area contributed by atoms with Gasteiger partial charge in [-0.2, -0.15) is 0 Å². The van der Waals surface area contributed by atoms with Crippen LogP contribution in [0.25, 0.3) is 0 Å². The molecular weight excluding hydrogens is 396 g/mol. The number of nitrogens with zero attached hydrogens (tertiary/aromatic N) is 1. The van der Waals surface area contributed by atoms with Crippen LogP contribution < -0.4 is 5.48 Å². The summed E-state index contributed by atoms with van der Waals surface area (Å²) in [4.78, 5) is 17.3. The number of carbonyl (C=O) groups excluding carboxylic acids is 1. The standard InChI is InChI=1S/C20H22N2O6S/c1-14(23)6-4-5-7-15-8-10-16(11-9-15)18-12-17(28-22-18)13-20(2,19(24)21-25)29(3,26)27/h8-11,14,17,23,25H,12-13H2,1-3H3,(H,21,24)/t14?,17-,20-/m1/s1. The maximum atomic E-state index is 12.1. The van der Waals surface area contributed by atoms with E-state index in [1.54, 1.807) is 31.2 Å². The molecule has 0 aliphatic carbocycles. The van der Waals surface area contributed by atoms with Crippen molar-refractivity contribution in [3.8, 4) is 23.7 Å². The molecule has 0 saturated heterocycles. The van der Waals surface area contributed by atoms with Crippen LogP contribution in [-0.4, -0.2) is 53.6 Å². The third kappa shape index (κ3) is 5.58. The molecule has 29 heavy (non-hydrogen) atoms. The number of hydroxylamine groups is 1. The van der Waals surface area contributed by atoms with E-state index in [9.17, 15) is 13.2 Å². The average molecular weight is 418 g/mol. The van der Waals surface area contributed by atoms with E-state index in [4.69, 9.17) is 15.2 Å². The number of hydrogen-bond donors (Lipinski definition) is 3. The maximum absolute atomic E-state index is 12.1. The first-order valence-corrected chi connectivity index (χ1v) is 10.6. The number of rotatable bonds is 5. The van der Waals surface area contributed by atoms with E-state index < -0.39 is 32.7 Å². The molecule has 1 aliphatic heterocycles. The fourth-order valence-electron chi connectivity index (χ4n) is 2.66. The first-order chi connectivity index (χ1) is 13.6. The molecule has 1 heterocycles. The SMILES string of the molecule is CC(O)C#CC#Cc1ccc(C2=NO[C@@H](C[C@](C)(C(=O)NO)S(C)(=O)=O)C2)cc1. The Balaban J connectivity index is 2.07. The number of oxime groups is 1. The van der Waals surface area contributed by atoms with Crippen LogP contribution in [0.5, 0.6) is 0 Å². The van der Waals surface area contributed by atoms with E-state index in [1.807, 2.05) is 0 Å². The summed E-state index contributed by atoms with van der Waals surface area (Å²) in [5, 5.41) is 22.0. The number of sulfone groups is 1. The van der Waals surface area contributed by atoms with Crippen LogP contribution in [0.15, 0.2) is 29.4 Å². The first kappa shape index (κ1) is 22.4. The van der Waals surface area contributed by atoms with Crippen molar-refractivity contribution in [2.24, 2.45) is 5.16 Å². The lowest BCUT2D eigenvalue weighted by Crippen LogP contribution is -2.51. The average Bonchev–Trinajstić information content (AvgIpc) is 3.12. The normalized spacial score (nSPS) is 18.7. The van der Waals surface area contributed by atoms with E-state index in [1.165, 1.54) is 12.4 Å². The van der Waals surface area contributed by atoms with Crippen molar-refractivity contribution in [3.05, 3.63) is 35.4 Å². The zero-order valence-corrected chi connectivity index (χ0v) is 17.1. The predicted octanol–water partition coefficient (Wildman–Crippen LogP) is 0.614. The summed E-state index contributed by atoms with van der Waals surface area (Å²) in [7, 11) is -3.81. The molecule has 0 aromatic heterocycles. The fourth-order valence-corrected chi connectivity index (χ4v) is 3.53. The molecule has 1 aromatic carbocycles. The highest BCUT2D eigenvalue weighted by Crippen LogP contribution is 2.29. The molecule has 0 radical (unpaired) electrons. The Morgan fingerprint density at radius 1 is 1.38 bits per heavy atom. The van der Waals surface area contributed by atoms with Crippen LogP contribution in [0.1, 0.15) is 37.8 Å². The van der Waals surface area contributed by atoms with E-state index in [0.29, 0.717) is 12.1 Å². The van der Waals surface area contributed by atoms with Crippen molar-refractivity contribution in [1.82, 2.24) is 5.48 Å². The highest BCUT2D eigenvalue weighted by atomic mass is 32.2. The highest BCUT2D eigenvalue weighted by Gasteiger charge is 2.47. The van der Waals surface area contributed by atoms with Gasteiger partial charge in [-0.3, -0.25) is 10.0 Å². The summed E-state index contributed by atoms with van der Waals surface area (Å²) < 4.78 is 22.3. The van der Waals surface area contributed by atoms with Gasteiger partial charge in [0.05, 0.1) is 5.71 Å². The number of aliphatic hydroxyl groups excluding tert-OH is 1. The van der Waals surface area contributed by atoms with Crippen molar-refractivity contribution in [3.63, 3.8) is 0 Å². The number of carbonyl (C=O) groups is 1. The minimum absolute atomic E-state index is 0.156. The van der Waals surface area contributed by atoms with Crippen LogP contribution >= 0.6 is 0 Å². The van der Waals surface area contributed by atoms with Gasteiger partial charge in [-0.15, -0.1) is 0 Å². The molecule has 9 heteroatoms. The van der Waals surface area contributed by atoms with Crippen LogP contribution in [0.2, 0.25) is 0 Å². The van der Waals surface area contributed by atoms with E-state index in [0.717, 1.165) is 17.4 Å². The van der Waals surface area contributed by atoms with Gasteiger partial charge in [0.2, 0.25) is 0 Å². The molecule has 0 bridgehead atoms. The third-order valence-electron chi connectivity index (χ3n) is 4.52. The van der Waals surface area contributed by atoms with Crippen LogP contribution in [0, 0.1) is 23.7 Å². The van der Waals surface area contributed by atoms with Gasteiger partial charge in [0, 0.05) is 24.7 Å². The number of amides is 1. The predicted molar refractivity (Wildman–Crippen MR) is 107 cm³/mol. The summed E-state index contributed by atoms with van der Waals surface area (Å²) >= 11 is 0. The second-order valence-electron chi connectivity index (χ2n) is 6.89. The molecule has 8 nitrogen and oxygen atoms in total. The molecule has 1 unspecified atom stereocenters. The molecule has 0 spiro atoms. The van der Waals surface area contributed by atoms with Gasteiger partial charge in [0.25, 0.3) is 5.91 Å². The van der Waals surface area contributed by atoms with E-state index >= 15 is 0 Å².